The Balaban J connectivity index is 2.06. The summed E-state index contributed by atoms with van der Waals surface area (Å²) in [7, 11) is 0. The standard InChI is InChI=1S/C16H12N2O4/c1-9-7-12(18-15(21)5-6-16(18)22)10(2)8-11(9)17-13(19)3-4-14(17)20/h3-8H,1-2H3. The van der Waals surface area contributed by atoms with Crippen LogP contribution in [0.4, 0.5) is 11.4 Å². The van der Waals surface area contributed by atoms with Gasteiger partial charge in [0.2, 0.25) is 0 Å². The van der Waals surface area contributed by atoms with Crippen LogP contribution < -0.4 is 9.80 Å². The average Bonchev–Trinajstić information content (AvgIpc) is 2.96. The normalized spacial score (nSPS) is 17.4. The number of carbonyl (C=O) groups excluding carboxylic acids is 4. The molecule has 6 heteroatoms. The highest BCUT2D eigenvalue weighted by Crippen LogP contribution is 2.32. The van der Waals surface area contributed by atoms with E-state index in [0.29, 0.717) is 22.5 Å². The molecule has 110 valence electrons. The van der Waals surface area contributed by atoms with Crippen LogP contribution in [0.2, 0.25) is 0 Å². The zero-order valence-corrected chi connectivity index (χ0v) is 12.0. The first-order valence-corrected chi connectivity index (χ1v) is 6.63. The lowest BCUT2D eigenvalue weighted by molar-refractivity contribution is -0.121. The summed E-state index contributed by atoms with van der Waals surface area (Å²) in [4.78, 5) is 49.3. The van der Waals surface area contributed by atoms with Crippen LogP contribution in [0.15, 0.2) is 36.4 Å². The highest BCUT2D eigenvalue weighted by molar-refractivity contribution is 6.30. The van der Waals surface area contributed by atoms with Crippen LogP contribution in [0, 0.1) is 13.8 Å². The summed E-state index contributed by atoms with van der Waals surface area (Å²) in [5.41, 5.74) is 2.15. The second-order valence-electron chi connectivity index (χ2n) is 5.12. The lowest BCUT2D eigenvalue weighted by atomic mass is 10.1. The summed E-state index contributed by atoms with van der Waals surface area (Å²) in [6.07, 6.45) is 4.84. The van der Waals surface area contributed by atoms with Gasteiger partial charge < -0.3 is 0 Å². The molecule has 1 aromatic carbocycles. The van der Waals surface area contributed by atoms with E-state index in [1.807, 2.05) is 0 Å². The van der Waals surface area contributed by atoms with E-state index in [4.69, 9.17) is 0 Å². The fraction of sp³-hybridized carbons (Fsp3) is 0.125. The Hall–Kier alpha value is -3.02. The van der Waals surface area contributed by atoms with Crippen molar-refractivity contribution < 1.29 is 19.2 Å². The topological polar surface area (TPSA) is 74.8 Å². The summed E-state index contributed by atoms with van der Waals surface area (Å²) < 4.78 is 0. The number of hydrogen-bond donors (Lipinski definition) is 0. The lowest BCUT2D eigenvalue weighted by Crippen LogP contribution is -2.32. The summed E-state index contributed by atoms with van der Waals surface area (Å²) >= 11 is 0. The molecule has 2 aliphatic rings. The van der Waals surface area contributed by atoms with Crippen LogP contribution >= 0.6 is 0 Å². The van der Waals surface area contributed by atoms with Gasteiger partial charge in [-0.15, -0.1) is 0 Å². The van der Waals surface area contributed by atoms with Gasteiger partial charge in [-0.3, -0.25) is 19.2 Å². The number of amides is 4. The molecule has 0 unspecified atom stereocenters. The maximum Gasteiger partial charge on any atom is 0.258 e. The molecule has 0 saturated carbocycles. The van der Waals surface area contributed by atoms with Gasteiger partial charge in [-0.25, -0.2) is 9.80 Å². The van der Waals surface area contributed by atoms with Crippen LogP contribution in [-0.4, -0.2) is 23.6 Å². The molecule has 0 saturated heterocycles. The molecule has 0 radical (unpaired) electrons. The fourth-order valence-electron chi connectivity index (χ4n) is 2.54. The van der Waals surface area contributed by atoms with Gasteiger partial charge in [0.05, 0.1) is 11.4 Å². The van der Waals surface area contributed by atoms with E-state index in [1.54, 1.807) is 26.0 Å². The third kappa shape index (κ3) is 1.96. The van der Waals surface area contributed by atoms with Gasteiger partial charge in [-0.05, 0) is 37.1 Å². The highest BCUT2D eigenvalue weighted by atomic mass is 16.2. The lowest BCUT2D eigenvalue weighted by Gasteiger charge is -2.22. The van der Waals surface area contributed by atoms with Gasteiger partial charge in [0.1, 0.15) is 0 Å². The maximum absolute atomic E-state index is 11.8. The predicted octanol–water partition coefficient (Wildman–Crippen LogP) is 1.16. The largest absolute Gasteiger partial charge is 0.269 e. The summed E-state index contributed by atoms with van der Waals surface area (Å²) in [6, 6.07) is 3.26. The Bertz CT molecular complexity index is 701. The number of anilines is 2. The van der Waals surface area contributed by atoms with Crippen LogP contribution in [0.5, 0.6) is 0 Å². The maximum atomic E-state index is 11.8. The first kappa shape index (κ1) is 13.9. The molecule has 0 bridgehead atoms. The van der Waals surface area contributed by atoms with Crippen molar-refractivity contribution in [2.45, 2.75) is 13.8 Å². The molecule has 0 N–H and O–H groups in total. The van der Waals surface area contributed by atoms with E-state index in [2.05, 4.69) is 0 Å². The van der Waals surface area contributed by atoms with Crippen molar-refractivity contribution in [3.8, 4) is 0 Å². The molecule has 0 fully saturated rings. The monoisotopic (exact) mass is 296 g/mol. The number of carbonyl (C=O) groups is 4. The number of imide groups is 2. The number of hydrogen-bond acceptors (Lipinski definition) is 4. The molecule has 22 heavy (non-hydrogen) atoms. The quantitative estimate of drug-likeness (QED) is 0.768. The third-order valence-electron chi connectivity index (χ3n) is 3.61. The third-order valence-corrected chi connectivity index (χ3v) is 3.61. The van der Waals surface area contributed by atoms with Crippen LogP contribution in [0.3, 0.4) is 0 Å². The van der Waals surface area contributed by atoms with Crippen molar-refractivity contribution >= 4 is 35.0 Å². The number of nitrogens with zero attached hydrogens (tertiary/aromatic N) is 2. The van der Waals surface area contributed by atoms with Gasteiger partial charge in [-0.1, -0.05) is 0 Å². The van der Waals surface area contributed by atoms with Crippen molar-refractivity contribution in [2.75, 3.05) is 9.80 Å². The SMILES string of the molecule is Cc1cc(N2C(=O)C=CC2=O)c(C)cc1N1C(=O)C=CC1=O. The number of benzene rings is 1. The first-order valence-electron chi connectivity index (χ1n) is 6.63. The Labute approximate surface area is 126 Å². The highest BCUT2D eigenvalue weighted by Gasteiger charge is 2.30. The second kappa shape index (κ2) is 4.77. The van der Waals surface area contributed by atoms with E-state index in [9.17, 15) is 19.2 Å². The van der Waals surface area contributed by atoms with Gasteiger partial charge in [-0.2, -0.15) is 0 Å². The first-order chi connectivity index (χ1) is 10.4. The molecule has 0 spiro atoms. The molecule has 2 heterocycles. The van der Waals surface area contributed by atoms with Crippen molar-refractivity contribution in [2.24, 2.45) is 0 Å². The molecule has 3 rings (SSSR count). The smallest absolute Gasteiger partial charge is 0.258 e. The zero-order valence-electron chi connectivity index (χ0n) is 12.0. The van der Waals surface area contributed by atoms with E-state index in [-0.39, 0.29) is 0 Å². The summed E-state index contributed by atoms with van der Waals surface area (Å²) in [6.45, 7) is 3.44. The minimum Gasteiger partial charge on any atom is -0.269 e. The summed E-state index contributed by atoms with van der Waals surface area (Å²) in [5.74, 6) is -1.63. The Morgan fingerprint density at radius 3 is 1.14 bits per heavy atom. The van der Waals surface area contributed by atoms with Crippen molar-refractivity contribution in [1.29, 1.82) is 0 Å². The van der Waals surface area contributed by atoms with Gasteiger partial charge >= 0.3 is 0 Å². The number of rotatable bonds is 2. The average molecular weight is 296 g/mol. The van der Waals surface area contributed by atoms with E-state index < -0.39 is 23.6 Å². The Morgan fingerprint density at radius 2 is 0.864 bits per heavy atom. The van der Waals surface area contributed by atoms with Crippen LogP contribution in [0.25, 0.3) is 0 Å². The molecule has 2 aliphatic heterocycles. The molecular weight excluding hydrogens is 284 g/mol. The minimum absolute atomic E-state index is 0.407. The Kier molecular flexibility index (Phi) is 3.02. The van der Waals surface area contributed by atoms with E-state index in [1.165, 1.54) is 24.3 Å². The van der Waals surface area contributed by atoms with Crippen molar-refractivity contribution in [3.05, 3.63) is 47.6 Å². The van der Waals surface area contributed by atoms with Crippen LogP contribution in [-0.2, 0) is 19.2 Å². The summed E-state index contributed by atoms with van der Waals surface area (Å²) in [5, 5.41) is 0. The van der Waals surface area contributed by atoms with E-state index in [0.717, 1.165) is 9.80 Å². The minimum atomic E-state index is -0.407. The molecule has 0 aliphatic carbocycles. The van der Waals surface area contributed by atoms with Crippen molar-refractivity contribution in [1.82, 2.24) is 0 Å². The number of aryl methyl sites for hydroxylation is 2. The molecular formula is C16H12N2O4. The molecule has 4 amide bonds. The van der Waals surface area contributed by atoms with Gasteiger partial charge in [0.25, 0.3) is 23.6 Å². The molecule has 0 atom stereocenters. The molecule has 6 nitrogen and oxygen atoms in total. The van der Waals surface area contributed by atoms with Crippen molar-refractivity contribution in [3.63, 3.8) is 0 Å². The van der Waals surface area contributed by atoms with Gasteiger partial charge in [0.15, 0.2) is 0 Å². The Morgan fingerprint density at radius 1 is 0.591 bits per heavy atom. The zero-order chi connectivity index (χ0) is 16.0. The molecule has 1 aromatic rings. The van der Waals surface area contributed by atoms with Crippen LogP contribution in [0.1, 0.15) is 11.1 Å². The predicted molar refractivity (Wildman–Crippen MR) is 79.2 cm³/mol. The molecule has 0 aromatic heterocycles. The van der Waals surface area contributed by atoms with E-state index >= 15 is 0 Å². The fourth-order valence-corrected chi connectivity index (χ4v) is 2.54. The second-order valence-corrected chi connectivity index (χ2v) is 5.12. The van der Waals surface area contributed by atoms with Gasteiger partial charge in [0, 0.05) is 24.3 Å².